The summed E-state index contributed by atoms with van der Waals surface area (Å²) in [5, 5.41) is 0. The largest absolute Gasteiger partial charge is 0 e. The average Bonchev–Trinajstić information content (AvgIpc) is 1.00. The monoisotopic (exact) mass is 372 g/mol. The zero-order valence-corrected chi connectivity index (χ0v) is 10.6. The van der Waals surface area contributed by atoms with Crippen LogP contribution in [0.15, 0.2) is 0 Å². The second kappa shape index (κ2) is 18.6. The van der Waals surface area contributed by atoms with Crippen LogP contribution < -0.4 is 0 Å². The van der Waals surface area contributed by atoms with Gasteiger partial charge in [0.15, 0.2) is 0 Å². The third kappa shape index (κ3) is 8.86. The van der Waals surface area contributed by atoms with Gasteiger partial charge in [-0.1, -0.05) is 0 Å². The summed E-state index contributed by atoms with van der Waals surface area (Å²) < 4.78 is 8.34. The van der Waals surface area contributed by atoms with Crippen LogP contribution in [0.3, 0.4) is 0 Å². The summed E-state index contributed by atoms with van der Waals surface area (Å²) in [7, 11) is 0. The van der Waals surface area contributed by atoms with Gasteiger partial charge in [-0.15, -0.1) is 0 Å². The van der Waals surface area contributed by atoms with E-state index in [0.29, 0.717) is 22.5 Å². The first-order valence-corrected chi connectivity index (χ1v) is 1.37. The molecule has 0 aromatic carbocycles. The summed E-state index contributed by atoms with van der Waals surface area (Å²) in [5.74, 6) is 0. The molecule has 0 aromatic heterocycles. The Morgan fingerprint density at radius 2 is 1.25 bits per heavy atom. The van der Waals surface area contributed by atoms with E-state index in [2.05, 4.69) is 0 Å². The molecule has 0 aliphatic carbocycles. The molecule has 0 amide bonds. The van der Waals surface area contributed by atoms with Gasteiger partial charge in [-0.05, 0) is 0 Å². The minimum absolute atomic E-state index is 0. The van der Waals surface area contributed by atoms with E-state index in [9.17, 15) is 0 Å². The zero-order chi connectivity index (χ0) is 2.00. The van der Waals surface area contributed by atoms with E-state index in [1.54, 1.807) is 0 Å². The summed E-state index contributed by atoms with van der Waals surface area (Å²) in [6, 6.07) is 0. The van der Waals surface area contributed by atoms with Crippen LogP contribution >= 0.6 is 0 Å². The Labute approximate surface area is 74.6 Å². The topological polar surface area (TPSA) is 17.1 Å². The van der Waals surface area contributed by atoms with E-state index >= 15 is 0 Å². The third-order valence-corrected chi connectivity index (χ3v) is 0. The molecule has 0 bridgehead atoms. The van der Waals surface area contributed by atoms with Crippen LogP contribution in [0.2, 0.25) is 0 Å². The van der Waals surface area contributed by atoms with Crippen molar-refractivity contribution >= 4 is 72.8 Å². The molecular formula is InOSbSn. The molecule has 0 fully saturated rings. The fourth-order valence-corrected chi connectivity index (χ4v) is 0. The summed E-state index contributed by atoms with van der Waals surface area (Å²) in [6.07, 6.45) is 0. The molecule has 4 heteroatoms. The molecule has 1 nitrogen and oxygen atoms in total. The Kier molecular flexibility index (Phi) is 75.5. The van der Waals surface area contributed by atoms with Crippen LogP contribution in [0.1, 0.15) is 0 Å². The fourth-order valence-electron chi connectivity index (χ4n) is 0. The van der Waals surface area contributed by atoms with Crippen molar-refractivity contribution in [3.63, 3.8) is 0 Å². The Morgan fingerprint density at radius 1 is 1.25 bits per heavy atom. The summed E-state index contributed by atoms with van der Waals surface area (Å²) in [4.78, 5) is 0. The Balaban J connectivity index is -0.00000000500. The zero-order valence-electron chi connectivity index (χ0n) is 1.93. The van der Waals surface area contributed by atoms with Crippen molar-refractivity contribution in [2.45, 2.75) is 0 Å². The maximum Gasteiger partial charge on any atom is 0 e. The molecule has 0 aromatic rings. The van der Waals surface area contributed by atoms with E-state index in [-0.39, 0.29) is 50.3 Å². The number of hydrogen-bond donors (Lipinski definition) is 0. The second-order valence-electron chi connectivity index (χ2n) is 0. The van der Waals surface area contributed by atoms with Gasteiger partial charge in [-0.2, -0.15) is 0 Å². The van der Waals surface area contributed by atoms with E-state index < -0.39 is 0 Å². The minimum Gasteiger partial charge on any atom is 0 e. The molecule has 0 saturated carbocycles. The van der Waals surface area contributed by atoms with Crippen molar-refractivity contribution in [3.05, 3.63) is 0 Å². The van der Waals surface area contributed by atoms with Crippen LogP contribution in [-0.2, 0) is 3.08 Å². The number of hydrogen-bond acceptors (Lipinski definition) is 1. The summed E-state index contributed by atoms with van der Waals surface area (Å²) >= 11 is 0.300. The van der Waals surface area contributed by atoms with Crippen molar-refractivity contribution in [2.24, 2.45) is 0 Å². The molecule has 0 heterocycles. The molecule has 0 saturated heterocycles. The molecule has 4 heavy (non-hydrogen) atoms. The van der Waals surface area contributed by atoms with Gasteiger partial charge in [0.2, 0.25) is 0 Å². The van der Waals surface area contributed by atoms with E-state index in [0.717, 1.165) is 0 Å². The van der Waals surface area contributed by atoms with Crippen molar-refractivity contribution < 1.29 is 3.08 Å². The van der Waals surface area contributed by atoms with Gasteiger partial charge < -0.3 is 0 Å². The Morgan fingerprint density at radius 3 is 1.25 bits per heavy atom. The van der Waals surface area contributed by atoms with Gasteiger partial charge >= 0.3 is 25.6 Å². The molecule has 0 aliphatic heterocycles. The molecular weight excluding hydrogens is 371 g/mol. The van der Waals surface area contributed by atoms with Gasteiger partial charge in [0.25, 0.3) is 0 Å². The maximum absolute atomic E-state index is 8.34. The quantitative estimate of drug-likeness (QED) is 0.486. The Hall–Kier alpha value is 2.29. The number of rotatable bonds is 0. The predicted octanol–water partition coefficient (Wildman–Crippen LogP) is -1.26. The minimum atomic E-state index is 0. The first-order valence-electron chi connectivity index (χ1n) is 0.204. The Bertz CT molecular complexity index is 8.00. The maximum atomic E-state index is 8.34. The van der Waals surface area contributed by atoms with Crippen LogP contribution in [0, 0.1) is 0 Å². The molecule has 0 aliphatic rings. The molecule has 0 atom stereocenters. The fraction of sp³-hybridized carbons (Fsp3) is 0. The van der Waals surface area contributed by atoms with Gasteiger partial charge in [0.05, 0.1) is 0 Å². The molecule has 0 N–H and O–H groups in total. The van der Waals surface area contributed by atoms with Gasteiger partial charge in [0, 0.05) is 50.3 Å². The van der Waals surface area contributed by atoms with Crippen molar-refractivity contribution in [2.75, 3.05) is 0 Å². The van der Waals surface area contributed by atoms with Gasteiger partial charge in [0.1, 0.15) is 0 Å². The van der Waals surface area contributed by atoms with Crippen molar-refractivity contribution in [1.29, 1.82) is 0 Å². The third-order valence-electron chi connectivity index (χ3n) is 0. The van der Waals surface area contributed by atoms with Gasteiger partial charge in [-0.25, -0.2) is 0 Å². The smallest absolute Gasteiger partial charge is 0 e. The van der Waals surface area contributed by atoms with E-state index in [1.807, 2.05) is 0 Å². The van der Waals surface area contributed by atoms with Crippen LogP contribution in [0.25, 0.3) is 0 Å². The van der Waals surface area contributed by atoms with E-state index in [1.165, 1.54) is 0 Å². The van der Waals surface area contributed by atoms with Crippen LogP contribution in [0.4, 0.5) is 0 Å². The molecule has 0 rings (SSSR count). The normalized spacial score (nSPS) is 1.00. The summed E-state index contributed by atoms with van der Waals surface area (Å²) in [6.45, 7) is 0. The first-order chi connectivity index (χ1) is 1.00. The predicted molar refractivity (Wildman–Crippen MR) is 17.9 cm³/mol. The van der Waals surface area contributed by atoms with E-state index in [4.69, 9.17) is 3.08 Å². The summed E-state index contributed by atoms with van der Waals surface area (Å²) in [5.41, 5.74) is 0. The van der Waals surface area contributed by atoms with Crippen LogP contribution in [-0.4, -0.2) is 72.8 Å². The van der Waals surface area contributed by atoms with Crippen molar-refractivity contribution in [3.8, 4) is 0 Å². The second-order valence-corrected chi connectivity index (χ2v) is 0. The molecule has 8 radical (unpaired) electrons. The molecule has 0 unspecified atom stereocenters. The van der Waals surface area contributed by atoms with Crippen LogP contribution in [0.5, 0.6) is 0 Å². The first kappa shape index (κ1) is 16.3. The van der Waals surface area contributed by atoms with Crippen molar-refractivity contribution in [1.82, 2.24) is 0 Å². The average molecular weight is 371 g/mol. The molecule has 0 spiro atoms. The van der Waals surface area contributed by atoms with Gasteiger partial charge in [-0.3, -0.25) is 0 Å². The molecule has 18 valence electrons. The SMILES string of the molecule is [In].[O]=[Sn].[Sb]. The standard InChI is InChI=1S/In.O.Sb.Sn.